The predicted molar refractivity (Wildman–Crippen MR) is 84.9 cm³/mol. The monoisotopic (exact) mass is 334 g/mol. The molecule has 96 valence electrons. The van der Waals surface area contributed by atoms with Gasteiger partial charge in [0, 0.05) is 10.6 Å². The Hall–Kier alpha value is -1.38. The van der Waals surface area contributed by atoms with E-state index in [1.54, 1.807) is 0 Å². The molecule has 2 rings (SSSR count). The van der Waals surface area contributed by atoms with E-state index in [9.17, 15) is 4.79 Å². The first-order valence-electron chi connectivity index (χ1n) is 5.82. The minimum absolute atomic E-state index is 0.0910. The number of benzene rings is 2. The third-order valence-electron chi connectivity index (χ3n) is 2.69. The summed E-state index contributed by atoms with van der Waals surface area (Å²) in [6, 6.07) is 15.2. The van der Waals surface area contributed by atoms with Crippen LogP contribution < -0.4 is 0 Å². The summed E-state index contributed by atoms with van der Waals surface area (Å²) < 4.78 is 0. The van der Waals surface area contributed by atoms with Gasteiger partial charge in [-0.25, -0.2) is 0 Å². The van der Waals surface area contributed by atoms with Crippen molar-refractivity contribution in [2.45, 2.75) is 0 Å². The molecule has 19 heavy (non-hydrogen) atoms. The number of carbonyl (C=O) groups is 1. The topological polar surface area (TPSA) is 17.1 Å². The van der Waals surface area contributed by atoms with Gasteiger partial charge >= 0.3 is 0 Å². The highest BCUT2D eigenvalue weighted by Crippen LogP contribution is 2.13. The standard InChI is InChI=1S/C16H12BrClO/c17-11-16(19)14-7-3-12(4-8-14)1-2-13-5-9-15(18)10-6-13/h1-10H,11H2. The Morgan fingerprint density at radius 3 is 1.89 bits per heavy atom. The van der Waals surface area contributed by atoms with E-state index in [0.717, 1.165) is 21.7 Å². The third-order valence-corrected chi connectivity index (χ3v) is 3.45. The largest absolute Gasteiger partial charge is 0.293 e. The van der Waals surface area contributed by atoms with Crippen LogP contribution in [0.3, 0.4) is 0 Å². The zero-order chi connectivity index (χ0) is 13.7. The average Bonchev–Trinajstić information content (AvgIpc) is 2.46. The van der Waals surface area contributed by atoms with Crippen LogP contribution in [0.25, 0.3) is 12.2 Å². The van der Waals surface area contributed by atoms with Gasteiger partial charge in [0.25, 0.3) is 0 Å². The van der Waals surface area contributed by atoms with Crippen molar-refractivity contribution in [2.75, 3.05) is 5.33 Å². The van der Waals surface area contributed by atoms with Gasteiger partial charge in [0.05, 0.1) is 5.33 Å². The molecule has 0 saturated heterocycles. The number of ketones is 1. The van der Waals surface area contributed by atoms with Crippen molar-refractivity contribution in [1.82, 2.24) is 0 Å². The van der Waals surface area contributed by atoms with E-state index in [-0.39, 0.29) is 5.78 Å². The molecule has 0 bridgehead atoms. The lowest BCUT2D eigenvalue weighted by atomic mass is 10.1. The quantitative estimate of drug-likeness (QED) is 0.432. The summed E-state index contributed by atoms with van der Waals surface area (Å²) in [6.45, 7) is 0. The number of Topliss-reactive ketones (excluding diaryl/α,β-unsaturated/α-hetero) is 1. The van der Waals surface area contributed by atoms with Gasteiger partial charge < -0.3 is 0 Å². The molecule has 0 amide bonds. The zero-order valence-electron chi connectivity index (χ0n) is 10.1. The molecule has 0 aromatic heterocycles. The van der Waals surface area contributed by atoms with Crippen LogP contribution in [0.1, 0.15) is 21.5 Å². The van der Waals surface area contributed by atoms with Crippen molar-refractivity contribution in [3.63, 3.8) is 0 Å². The molecule has 0 aliphatic rings. The molecule has 0 unspecified atom stereocenters. The maximum absolute atomic E-state index is 11.5. The van der Waals surface area contributed by atoms with Gasteiger partial charge in [0.15, 0.2) is 5.78 Å². The van der Waals surface area contributed by atoms with Gasteiger partial charge in [-0.3, -0.25) is 4.79 Å². The molecule has 0 fully saturated rings. The number of rotatable bonds is 4. The fourth-order valence-electron chi connectivity index (χ4n) is 1.62. The molecule has 0 aliphatic heterocycles. The maximum Gasteiger partial charge on any atom is 0.173 e. The fraction of sp³-hybridized carbons (Fsp3) is 0.0625. The van der Waals surface area contributed by atoms with Crippen LogP contribution in [0.2, 0.25) is 5.02 Å². The molecule has 0 atom stereocenters. The zero-order valence-corrected chi connectivity index (χ0v) is 12.5. The summed E-state index contributed by atoms with van der Waals surface area (Å²) >= 11 is 8.99. The van der Waals surface area contributed by atoms with E-state index in [1.807, 2.05) is 60.7 Å². The van der Waals surface area contributed by atoms with E-state index >= 15 is 0 Å². The highest BCUT2D eigenvalue weighted by atomic mass is 79.9. The predicted octanol–water partition coefficient (Wildman–Crippen LogP) is 5.09. The second-order valence-electron chi connectivity index (χ2n) is 4.06. The lowest BCUT2D eigenvalue weighted by Gasteiger charge is -1.98. The van der Waals surface area contributed by atoms with Crippen molar-refractivity contribution >= 4 is 45.5 Å². The SMILES string of the molecule is O=C(CBr)c1ccc(C=Cc2ccc(Cl)cc2)cc1. The molecule has 0 spiro atoms. The summed E-state index contributed by atoms with van der Waals surface area (Å²) in [5, 5.41) is 1.09. The molecular weight excluding hydrogens is 324 g/mol. The van der Waals surface area contributed by atoms with Gasteiger partial charge in [-0.05, 0) is 23.3 Å². The van der Waals surface area contributed by atoms with E-state index < -0.39 is 0 Å². The van der Waals surface area contributed by atoms with Crippen molar-refractivity contribution in [2.24, 2.45) is 0 Å². The van der Waals surface area contributed by atoms with Gasteiger partial charge in [-0.2, -0.15) is 0 Å². The third kappa shape index (κ3) is 4.05. The van der Waals surface area contributed by atoms with E-state index in [2.05, 4.69) is 15.9 Å². The van der Waals surface area contributed by atoms with Crippen molar-refractivity contribution < 1.29 is 4.79 Å². The van der Waals surface area contributed by atoms with Crippen LogP contribution in [-0.4, -0.2) is 11.1 Å². The number of hydrogen-bond acceptors (Lipinski definition) is 1. The molecule has 0 radical (unpaired) electrons. The lowest BCUT2D eigenvalue weighted by molar-refractivity contribution is 0.102. The molecule has 2 aromatic carbocycles. The summed E-state index contributed by atoms with van der Waals surface area (Å²) in [6.07, 6.45) is 4.02. The summed E-state index contributed by atoms with van der Waals surface area (Å²) in [5.74, 6) is 0.0910. The van der Waals surface area contributed by atoms with Crippen LogP contribution in [0, 0.1) is 0 Å². The fourth-order valence-corrected chi connectivity index (χ4v) is 2.07. The minimum Gasteiger partial charge on any atom is -0.293 e. The Morgan fingerprint density at radius 1 is 0.947 bits per heavy atom. The second-order valence-corrected chi connectivity index (χ2v) is 5.06. The molecule has 1 nitrogen and oxygen atoms in total. The Morgan fingerprint density at radius 2 is 1.42 bits per heavy atom. The van der Waals surface area contributed by atoms with E-state index in [1.165, 1.54) is 0 Å². The van der Waals surface area contributed by atoms with Crippen molar-refractivity contribution in [3.8, 4) is 0 Å². The molecule has 0 aliphatic carbocycles. The first-order chi connectivity index (χ1) is 9.19. The summed E-state index contributed by atoms with van der Waals surface area (Å²) in [4.78, 5) is 11.5. The van der Waals surface area contributed by atoms with Gasteiger partial charge in [-0.15, -0.1) is 0 Å². The average molecular weight is 336 g/mol. The lowest BCUT2D eigenvalue weighted by Crippen LogP contribution is -1.98. The highest BCUT2D eigenvalue weighted by molar-refractivity contribution is 9.09. The van der Waals surface area contributed by atoms with Crippen LogP contribution in [0.5, 0.6) is 0 Å². The summed E-state index contributed by atoms with van der Waals surface area (Å²) in [5.41, 5.74) is 2.87. The Balaban J connectivity index is 2.11. The van der Waals surface area contributed by atoms with Crippen LogP contribution >= 0.6 is 27.5 Å². The minimum atomic E-state index is 0.0910. The van der Waals surface area contributed by atoms with Crippen molar-refractivity contribution in [3.05, 3.63) is 70.2 Å². The maximum atomic E-state index is 11.5. The van der Waals surface area contributed by atoms with Gasteiger partial charge in [0.1, 0.15) is 0 Å². The number of alkyl halides is 1. The number of hydrogen-bond donors (Lipinski definition) is 0. The highest BCUT2D eigenvalue weighted by Gasteiger charge is 2.01. The summed E-state index contributed by atoms with van der Waals surface area (Å²) in [7, 11) is 0. The van der Waals surface area contributed by atoms with Gasteiger partial charge in [0.2, 0.25) is 0 Å². The Labute approximate surface area is 126 Å². The van der Waals surface area contributed by atoms with Crippen LogP contribution in [0.15, 0.2) is 48.5 Å². The molecule has 3 heteroatoms. The van der Waals surface area contributed by atoms with E-state index in [4.69, 9.17) is 11.6 Å². The number of halogens is 2. The molecular formula is C16H12BrClO. The van der Waals surface area contributed by atoms with Gasteiger partial charge in [-0.1, -0.05) is 76.1 Å². The Bertz CT molecular complexity index is 585. The molecule has 0 saturated carbocycles. The smallest absolute Gasteiger partial charge is 0.173 e. The first kappa shape index (κ1) is 14.0. The second kappa shape index (κ2) is 6.69. The van der Waals surface area contributed by atoms with Crippen LogP contribution in [0.4, 0.5) is 0 Å². The molecule has 0 heterocycles. The van der Waals surface area contributed by atoms with Crippen molar-refractivity contribution in [1.29, 1.82) is 0 Å². The molecule has 0 N–H and O–H groups in total. The Kier molecular flexibility index (Phi) is 4.94. The number of carbonyl (C=O) groups excluding carboxylic acids is 1. The molecule has 2 aromatic rings. The van der Waals surface area contributed by atoms with E-state index in [0.29, 0.717) is 5.33 Å². The van der Waals surface area contributed by atoms with Crippen LogP contribution in [-0.2, 0) is 0 Å². The normalized spacial score (nSPS) is 10.8. The first-order valence-corrected chi connectivity index (χ1v) is 7.32.